The lowest BCUT2D eigenvalue weighted by Gasteiger charge is -2.17. The normalized spacial score (nSPS) is 11.1. The fraction of sp³-hybridized carbons (Fsp3) is 0.400. The van der Waals surface area contributed by atoms with Crippen LogP contribution in [0.15, 0.2) is 18.5 Å². The lowest BCUT2D eigenvalue weighted by Crippen LogP contribution is -2.45. The van der Waals surface area contributed by atoms with Crippen molar-refractivity contribution in [2.45, 2.75) is 26.3 Å². The fourth-order valence-corrected chi connectivity index (χ4v) is 0.915. The Balaban J connectivity index is 2.75. The van der Waals surface area contributed by atoms with Crippen LogP contribution < -0.4 is 11.1 Å². The van der Waals surface area contributed by atoms with Crippen LogP contribution in [0.4, 0.5) is 5.69 Å². The molecule has 0 fully saturated rings. The Kier molecular flexibility index (Phi) is 2.86. The molecule has 0 spiro atoms. The second-order valence-electron chi connectivity index (χ2n) is 3.93. The monoisotopic (exact) mass is 193 g/mol. The Labute approximate surface area is 83.5 Å². The molecule has 0 atom stereocenters. The molecule has 0 aliphatic rings. The first-order valence-corrected chi connectivity index (χ1v) is 4.41. The first kappa shape index (κ1) is 10.7. The summed E-state index contributed by atoms with van der Waals surface area (Å²) in [5.74, 6) is -0.218. The molecule has 1 aromatic rings. The molecule has 0 bridgehead atoms. The van der Waals surface area contributed by atoms with Gasteiger partial charge in [0, 0.05) is 6.20 Å². The summed E-state index contributed by atoms with van der Waals surface area (Å²) in [5.41, 5.74) is 6.43. The van der Waals surface area contributed by atoms with E-state index >= 15 is 0 Å². The Morgan fingerprint density at radius 2 is 2.14 bits per heavy atom. The summed E-state index contributed by atoms with van der Waals surface area (Å²) in [4.78, 5) is 15.4. The summed E-state index contributed by atoms with van der Waals surface area (Å²) in [6, 6.07) is 1.84. The van der Waals surface area contributed by atoms with Gasteiger partial charge in [-0.15, -0.1) is 0 Å². The van der Waals surface area contributed by atoms with E-state index in [2.05, 4.69) is 10.3 Å². The number of anilines is 1. The van der Waals surface area contributed by atoms with E-state index in [1.807, 2.05) is 13.0 Å². The van der Waals surface area contributed by atoms with Crippen molar-refractivity contribution in [1.82, 2.24) is 4.98 Å². The molecular formula is C10H15N3O. The van der Waals surface area contributed by atoms with Gasteiger partial charge in [-0.25, -0.2) is 0 Å². The van der Waals surface area contributed by atoms with Crippen LogP contribution in [0.5, 0.6) is 0 Å². The van der Waals surface area contributed by atoms with E-state index in [1.165, 1.54) is 0 Å². The molecule has 4 nitrogen and oxygen atoms in total. The van der Waals surface area contributed by atoms with Crippen LogP contribution in [0.3, 0.4) is 0 Å². The van der Waals surface area contributed by atoms with E-state index in [4.69, 9.17) is 5.73 Å². The average molecular weight is 193 g/mol. The van der Waals surface area contributed by atoms with Crippen molar-refractivity contribution in [1.29, 1.82) is 0 Å². The van der Waals surface area contributed by atoms with Crippen LogP contribution in [-0.4, -0.2) is 16.4 Å². The van der Waals surface area contributed by atoms with Gasteiger partial charge in [-0.2, -0.15) is 0 Å². The van der Waals surface area contributed by atoms with Gasteiger partial charge in [0.25, 0.3) is 0 Å². The maximum Gasteiger partial charge on any atom is 0.243 e. The number of pyridine rings is 1. The topological polar surface area (TPSA) is 68.0 Å². The molecule has 3 N–H and O–H groups in total. The van der Waals surface area contributed by atoms with E-state index in [1.54, 1.807) is 26.2 Å². The standard InChI is InChI=1S/C10H15N3O/c1-7-4-8(6-12-5-7)13-9(14)10(2,3)11/h4-6H,11H2,1-3H3,(H,13,14). The molecule has 1 aromatic heterocycles. The number of nitrogens with one attached hydrogen (secondary N) is 1. The maximum atomic E-state index is 11.5. The highest BCUT2D eigenvalue weighted by atomic mass is 16.2. The molecule has 14 heavy (non-hydrogen) atoms. The number of hydrogen-bond acceptors (Lipinski definition) is 3. The van der Waals surface area contributed by atoms with Crippen LogP contribution in [0.1, 0.15) is 19.4 Å². The zero-order chi connectivity index (χ0) is 10.8. The number of carbonyl (C=O) groups is 1. The van der Waals surface area contributed by atoms with E-state index in [0.717, 1.165) is 5.56 Å². The quantitative estimate of drug-likeness (QED) is 0.738. The fourth-order valence-electron chi connectivity index (χ4n) is 0.915. The van der Waals surface area contributed by atoms with E-state index in [-0.39, 0.29) is 5.91 Å². The lowest BCUT2D eigenvalue weighted by atomic mass is 10.1. The molecule has 1 amide bonds. The minimum Gasteiger partial charge on any atom is -0.323 e. The third-order valence-corrected chi connectivity index (χ3v) is 1.72. The number of rotatable bonds is 2. The van der Waals surface area contributed by atoms with Gasteiger partial charge >= 0.3 is 0 Å². The highest BCUT2D eigenvalue weighted by molar-refractivity contribution is 5.97. The minimum absolute atomic E-state index is 0.218. The molecular weight excluding hydrogens is 178 g/mol. The van der Waals surface area contributed by atoms with Gasteiger partial charge in [-0.05, 0) is 32.4 Å². The van der Waals surface area contributed by atoms with Crippen molar-refractivity contribution < 1.29 is 4.79 Å². The predicted molar refractivity (Wildman–Crippen MR) is 55.9 cm³/mol. The molecule has 0 saturated heterocycles. The smallest absolute Gasteiger partial charge is 0.243 e. The molecule has 0 radical (unpaired) electrons. The third-order valence-electron chi connectivity index (χ3n) is 1.72. The summed E-state index contributed by atoms with van der Waals surface area (Å²) in [5, 5.41) is 2.70. The zero-order valence-electron chi connectivity index (χ0n) is 8.66. The van der Waals surface area contributed by atoms with Crippen LogP contribution in [0, 0.1) is 6.92 Å². The summed E-state index contributed by atoms with van der Waals surface area (Å²) < 4.78 is 0. The van der Waals surface area contributed by atoms with E-state index < -0.39 is 5.54 Å². The first-order valence-electron chi connectivity index (χ1n) is 4.41. The van der Waals surface area contributed by atoms with Crippen LogP contribution in [0.2, 0.25) is 0 Å². The highest BCUT2D eigenvalue weighted by Crippen LogP contribution is 2.09. The summed E-state index contributed by atoms with van der Waals surface area (Å²) in [6.45, 7) is 5.23. The number of nitrogens with two attached hydrogens (primary N) is 1. The van der Waals surface area contributed by atoms with Crippen molar-refractivity contribution in [3.8, 4) is 0 Å². The van der Waals surface area contributed by atoms with E-state index in [9.17, 15) is 4.79 Å². The number of hydrogen-bond donors (Lipinski definition) is 2. The highest BCUT2D eigenvalue weighted by Gasteiger charge is 2.21. The van der Waals surface area contributed by atoms with Crippen molar-refractivity contribution in [2.75, 3.05) is 5.32 Å². The van der Waals surface area contributed by atoms with Gasteiger partial charge in [0.2, 0.25) is 5.91 Å². The lowest BCUT2D eigenvalue weighted by molar-refractivity contribution is -0.120. The van der Waals surface area contributed by atoms with Gasteiger partial charge in [0.1, 0.15) is 0 Å². The van der Waals surface area contributed by atoms with Crippen molar-refractivity contribution >= 4 is 11.6 Å². The minimum atomic E-state index is -0.871. The van der Waals surface area contributed by atoms with Gasteiger partial charge in [0.05, 0.1) is 17.4 Å². The van der Waals surface area contributed by atoms with Gasteiger partial charge < -0.3 is 11.1 Å². The number of aryl methyl sites for hydroxylation is 1. The molecule has 0 aliphatic heterocycles. The third kappa shape index (κ3) is 2.81. The molecule has 1 rings (SSSR count). The molecule has 76 valence electrons. The SMILES string of the molecule is Cc1cncc(NC(=O)C(C)(C)N)c1. The molecule has 0 saturated carbocycles. The zero-order valence-corrected chi connectivity index (χ0v) is 8.66. The Bertz CT molecular complexity index is 341. The van der Waals surface area contributed by atoms with Crippen molar-refractivity contribution in [3.63, 3.8) is 0 Å². The molecule has 0 aromatic carbocycles. The number of amides is 1. The van der Waals surface area contributed by atoms with Gasteiger partial charge in [-0.3, -0.25) is 9.78 Å². The maximum absolute atomic E-state index is 11.5. The largest absolute Gasteiger partial charge is 0.323 e. The van der Waals surface area contributed by atoms with Crippen molar-refractivity contribution in [3.05, 3.63) is 24.0 Å². The van der Waals surface area contributed by atoms with Crippen LogP contribution in [-0.2, 0) is 4.79 Å². The second kappa shape index (κ2) is 3.75. The number of aromatic nitrogens is 1. The van der Waals surface area contributed by atoms with Gasteiger partial charge in [-0.1, -0.05) is 0 Å². The van der Waals surface area contributed by atoms with Gasteiger partial charge in [0.15, 0.2) is 0 Å². The summed E-state index contributed by atoms with van der Waals surface area (Å²) >= 11 is 0. The van der Waals surface area contributed by atoms with Crippen LogP contribution >= 0.6 is 0 Å². The molecule has 0 unspecified atom stereocenters. The molecule has 4 heteroatoms. The number of carbonyl (C=O) groups excluding carboxylic acids is 1. The van der Waals surface area contributed by atoms with E-state index in [0.29, 0.717) is 5.69 Å². The second-order valence-corrected chi connectivity index (χ2v) is 3.93. The number of nitrogens with zero attached hydrogens (tertiary/aromatic N) is 1. The summed E-state index contributed by atoms with van der Waals surface area (Å²) in [7, 11) is 0. The Morgan fingerprint density at radius 3 is 2.64 bits per heavy atom. The predicted octanol–water partition coefficient (Wildman–Crippen LogP) is 1.07. The summed E-state index contributed by atoms with van der Waals surface area (Å²) in [6.07, 6.45) is 3.32. The first-order chi connectivity index (χ1) is 6.39. The average Bonchev–Trinajstić information content (AvgIpc) is 2.02. The van der Waals surface area contributed by atoms with Crippen LogP contribution in [0.25, 0.3) is 0 Å². The Hall–Kier alpha value is -1.42. The molecule has 1 heterocycles. The van der Waals surface area contributed by atoms with Crippen molar-refractivity contribution in [2.24, 2.45) is 5.73 Å². The Morgan fingerprint density at radius 1 is 1.50 bits per heavy atom. The molecule has 0 aliphatic carbocycles.